The van der Waals surface area contributed by atoms with Gasteiger partial charge in [-0.3, -0.25) is 9.11 Å². The Morgan fingerprint density at radius 1 is 1.06 bits per heavy atom. The van der Waals surface area contributed by atoms with Gasteiger partial charge in [-0.15, -0.1) is 0 Å². The van der Waals surface area contributed by atoms with Gasteiger partial charge in [0.2, 0.25) is 6.10 Å². The molecule has 0 spiro atoms. The maximum Gasteiger partial charge on any atom is 0.342 e. The summed E-state index contributed by atoms with van der Waals surface area (Å²) in [5, 5.41) is 17.3. The molecule has 0 aromatic rings. The van der Waals surface area contributed by atoms with E-state index in [1.54, 1.807) is 0 Å². The third kappa shape index (κ3) is 2.17. The van der Waals surface area contributed by atoms with Crippen LogP contribution >= 0.6 is 0 Å². The maximum atomic E-state index is 10.8. The number of hydrogen-bond acceptors (Lipinski definition) is 6. The minimum atomic E-state index is -5.58. The summed E-state index contributed by atoms with van der Waals surface area (Å²) in [6.45, 7) is 0.848. The van der Waals surface area contributed by atoms with E-state index in [-0.39, 0.29) is 0 Å². The van der Waals surface area contributed by atoms with Crippen molar-refractivity contribution in [3.8, 4) is 0 Å². The quantitative estimate of drug-likeness (QED) is 0.454. The first kappa shape index (κ1) is 15.2. The lowest BCUT2D eigenvalue weighted by Gasteiger charge is -2.26. The molecule has 4 N–H and O–H groups in total. The monoisotopic (exact) mass is 277 g/mol. The Morgan fingerprint density at radius 2 is 1.38 bits per heavy atom. The second-order valence-electron chi connectivity index (χ2n) is 2.71. The molecule has 0 aliphatic carbocycles. The number of carbonyl (C=O) groups is 1. The molecule has 0 amide bonds. The first-order valence-electron chi connectivity index (χ1n) is 3.65. The molecule has 0 atom stereocenters. The zero-order valence-corrected chi connectivity index (χ0v) is 9.49. The lowest BCUT2D eigenvalue weighted by Crippen LogP contribution is -2.53. The van der Waals surface area contributed by atoms with E-state index in [1.807, 2.05) is 0 Å². The molecule has 0 bridgehead atoms. The highest BCUT2D eigenvalue weighted by Gasteiger charge is 2.62. The number of carboxylic acids is 1. The van der Waals surface area contributed by atoms with Crippen molar-refractivity contribution in [3.63, 3.8) is 0 Å². The molecular formula is C5H9O9S2. The van der Waals surface area contributed by atoms with Crippen LogP contribution < -0.4 is 0 Å². The third-order valence-electron chi connectivity index (χ3n) is 1.86. The van der Waals surface area contributed by atoms with Crippen LogP contribution in [0.5, 0.6) is 0 Å². The average molecular weight is 277 g/mol. The summed E-state index contributed by atoms with van der Waals surface area (Å²) in [6.07, 6.45) is -3.18. The van der Waals surface area contributed by atoms with Crippen molar-refractivity contribution in [1.82, 2.24) is 0 Å². The van der Waals surface area contributed by atoms with Crippen molar-refractivity contribution in [1.29, 1.82) is 0 Å². The predicted octanol–water partition coefficient (Wildman–Crippen LogP) is -1.14. The number of aliphatic carboxylic acids is 1. The molecule has 0 aromatic carbocycles. The van der Waals surface area contributed by atoms with Crippen LogP contribution in [0.1, 0.15) is 13.3 Å². The molecule has 95 valence electrons. The van der Waals surface area contributed by atoms with Crippen molar-refractivity contribution in [2.45, 2.75) is 17.4 Å². The Bertz CT molecular complexity index is 440. The summed E-state index contributed by atoms with van der Waals surface area (Å²) in [5.74, 6) is -2.29. The van der Waals surface area contributed by atoms with Gasteiger partial charge in [0.25, 0.3) is 24.3 Å². The fourth-order valence-electron chi connectivity index (χ4n) is 1.07. The first-order valence-corrected chi connectivity index (χ1v) is 6.53. The largest absolute Gasteiger partial charge is 0.479 e. The van der Waals surface area contributed by atoms with Crippen molar-refractivity contribution >= 4 is 26.2 Å². The molecule has 0 unspecified atom stereocenters. The second-order valence-corrected chi connectivity index (χ2v) is 6.26. The van der Waals surface area contributed by atoms with Crippen LogP contribution in [-0.4, -0.2) is 46.2 Å². The molecule has 0 aromatic heterocycles. The highest BCUT2D eigenvalue weighted by atomic mass is 32.3. The average Bonchev–Trinajstić information content (AvgIpc) is 2.00. The fraction of sp³-hybridized carbons (Fsp3) is 0.600. The van der Waals surface area contributed by atoms with Gasteiger partial charge < -0.3 is 10.2 Å². The zero-order valence-electron chi connectivity index (χ0n) is 7.85. The number of carboxylic acid groups (broad SMARTS) is 1. The van der Waals surface area contributed by atoms with Crippen molar-refractivity contribution in [2.24, 2.45) is 0 Å². The lowest BCUT2D eigenvalue weighted by molar-refractivity contribution is -0.140. The summed E-state index contributed by atoms with van der Waals surface area (Å²) in [4.78, 5) is 10.4. The number of aliphatic hydroxyl groups is 1. The first-order chi connectivity index (χ1) is 6.91. The van der Waals surface area contributed by atoms with Gasteiger partial charge in [-0.2, -0.15) is 16.8 Å². The van der Waals surface area contributed by atoms with Crippen LogP contribution in [-0.2, 0) is 25.0 Å². The third-order valence-corrected chi connectivity index (χ3v) is 5.76. The summed E-state index contributed by atoms with van der Waals surface area (Å²) >= 11 is 0. The van der Waals surface area contributed by atoms with Crippen molar-refractivity contribution < 1.29 is 40.9 Å². The van der Waals surface area contributed by atoms with E-state index in [0.29, 0.717) is 0 Å². The smallest absolute Gasteiger partial charge is 0.342 e. The normalized spacial score (nSPS) is 14.1. The van der Waals surface area contributed by atoms with Gasteiger partial charge >= 0.3 is 5.97 Å². The van der Waals surface area contributed by atoms with E-state index in [0.717, 1.165) is 6.92 Å². The van der Waals surface area contributed by atoms with Crippen LogP contribution in [0, 0.1) is 6.10 Å². The van der Waals surface area contributed by atoms with E-state index < -0.39 is 42.8 Å². The number of hydrogen-bond donors (Lipinski definition) is 4. The van der Waals surface area contributed by atoms with Gasteiger partial charge in [0.1, 0.15) is 0 Å². The van der Waals surface area contributed by atoms with Crippen LogP contribution in [0.15, 0.2) is 0 Å². The molecule has 0 heterocycles. The molecule has 0 saturated carbocycles. The van der Waals surface area contributed by atoms with Gasteiger partial charge in [-0.25, -0.2) is 4.79 Å². The molecular weight excluding hydrogens is 268 g/mol. The van der Waals surface area contributed by atoms with Crippen molar-refractivity contribution in [3.05, 3.63) is 6.10 Å². The zero-order chi connectivity index (χ0) is 13.4. The predicted molar refractivity (Wildman–Crippen MR) is 48.9 cm³/mol. The Hall–Kier alpha value is -0.750. The van der Waals surface area contributed by atoms with Crippen LogP contribution in [0.4, 0.5) is 0 Å². The number of rotatable bonds is 5. The van der Waals surface area contributed by atoms with Gasteiger partial charge in [-0.05, 0) is 6.42 Å². The van der Waals surface area contributed by atoms with E-state index in [4.69, 9.17) is 19.3 Å². The second kappa shape index (κ2) is 4.25. The Balaban J connectivity index is 6.22. The summed E-state index contributed by atoms with van der Waals surface area (Å²) < 4.78 is 57.1. The summed E-state index contributed by atoms with van der Waals surface area (Å²) in [6, 6.07) is 0. The van der Waals surface area contributed by atoms with Crippen LogP contribution in [0.2, 0.25) is 0 Å². The SMILES string of the molecule is CCC([C](O)C(=O)O)(S(=O)(=O)O)S(=O)(=O)O. The van der Waals surface area contributed by atoms with Crippen LogP contribution in [0.25, 0.3) is 0 Å². The van der Waals surface area contributed by atoms with E-state index >= 15 is 0 Å². The minimum absolute atomic E-state index is 0.848. The molecule has 0 aliphatic rings. The van der Waals surface area contributed by atoms with Gasteiger partial charge in [0.05, 0.1) is 0 Å². The highest BCUT2D eigenvalue weighted by molar-refractivity contribution is 8.05. The van der Waals surface area contributed by atoms with E-state index in [9.17, 15) is 21.6 Å². The molecule has 16 heavy (non-hydrogen) atoms. The molecule has 0 saturated heterocycles. The topological polar surface area (TPSA) is 166 Å². The van der Waals surface area contributed by atoms with Crippen LogP contribution in [0.3, 0.4) is 0 Å². The molecule has 11 heteroatoms. The van der Waals surface area contributed by atoms with Gasteiger partial charge in [0, 0.05) is 0 Å². The summed E-state index contributed by atoms with van der Waals surface area (Å²) in [7, 11) is -11.2. The summed E-state index contributed by atoms with van der Waals surface area (Å²) in [5.41, 5.74) is 0. The van der Waals surface area contributed by atoms with E-state index in [2.05, 4.69) is 0 Å². The minimum Gasteiger partial charge on any atom is -0.479 e. The Kier molecular flexibility index (Phi) is 4.05. The molecule has 0 fully saturated rings. The lowest BCUT2D eigenvalue weighted by atomic mass is 10.2. The van der Waals surface area contributed by atoms with Gasteiger partial charge in [0.15, 0.2) is 0 Å². The molecule has 9 nitrogen and oxygen atoms in total. The molecule has 0 aliphatic heterocycles. The Morgan fingerprint density at radius 3 is 1.44 bits per heavy atom. The number of aliphatic hydroxyl groups excluding tert-OH is 1. The molecule has 1 radical (unpaired) electrons. The Labute approximate surface area is 91.2 Å². The standard InChI is InChI=1S/C5H9O9S2/c1-2-5(15(9,10)11,16(12,13)14)3(6)4(7)8/h6H,2H2,1H3,(H,7,8)(H,9,10,11)(H,12,13,14). The fourth-order valence-corrected chi connectivity index (χ4v) is 3.53. The molecule has 0 rings (SSSR count). The van der Waals surface area contributed by atoms with Gasteiger partial charge in [-0.1, -0.05) is 6.92 Å². The maximum absolute atomic E-state index is 10.8. The van der Waals surface area contributed by atoms with Crippen molar-refractivity contribution in [2.75, 3.05) is 0 Å². The highest BCUT2D eigenvalue weighted by Crippen LogP contribution is 2.35. The van der Waals surface area contributed by atoms with E-state index in [1.165, 1.54) is 0 Å².